The molecule has 0 radical (unpaired) electrons. The second-order valence-electron chi connectivity index (χ2n) is 9.90. The fourth-order valence-electron chi connectivity index (χ4n) is 3.94. The molecule has 2 aromatic rings. The summed E-state index contributed by atoms with van der Waals surface area (Å²) in [6.07, 6.45) is 4.29. The van der Waals surface area contributed by atoms with Gasteiger partial charge < -0.3 is 24.4 Å². The molecule has 3 heterocycles. The Hall–Kier alpha value is -3.20. The van der Waals surface area contributed by atoms with Crippen LogP contribution in [0.4, 0.5) is 4.79 Å². The van der Waals surface area contributed by atoms with Crippen molar-refractivity contribution >= 4 is 12.0 Å². The van der Waals surface area contributed by atoms with Gasteiger partial charge in [-0.1, -0.05) is 12.1 Å². The van der Waals surface area contributed by atoms with Gasteiger partial charge >= 0.3 is 6.09 Å². The molecule has 182 valence electrons. The molecule has 0 saturated carbocycles. The molecule has 2 aliphatic rings. The molecule has 1 aromatic heterocycles. The van der Waals surface area contributed by atoms with Crippen LogP contribution >= 0.6 is 0 Å². The second kappa shape index (κ2) is 9.97. The van der Waals surface area contributed by atoms with Crippen molar-refractivity contribution in [2.24, 2.45) is 5.92 Å². The Bertz CT molecular complexity index is 989. The predicted molar refractivity (Wildman–Crippen MR) is 125 cm³/mol. The van der Waals surface area contributed by atoms with Gasteiger partial charge in [0.05, 0.1) is 30.8 Å². The summed E-state index contributed by atoms with van der Waals surface area (Å²) in [4.78, 5) is 36.7. The van der Waals surface area contributed by atoms with Crippen molar-refractivity contribution in [2.75, 3.05) is 32.8 Å². The SMILES string of the molecule is CC(C)(C)OC(=O)N1CCC(COc2cnc(-c3ccc(C(=O)N4CC(O)C4)cc3)cn2)CC1. The van der Waals surface area contributed by atoms with E-state index in [-0.39, 0.29) is 12.0 Å². The third-order valence-corrected chi connectivity index (χ3v) is 5.94. The number of amides is 2. The van der Waals surface area contributed by atoms with E-state index in [9.17, 15) is 14.7 Å². The zero-order valence-corrected chi connectivity index (χ0v) is 19.9. The Morgan fingerprint density at radius 1 is 1.03 bits per heavy atom. The van der Waals surface area contributed by atoms with Crippen LogP contribution in [0.5, 0.6) is 5.88 Å². The molecule has 2 fully saturated rings. The number of aliphatic hydroxyl groups excluding tert-OH is 1. The molecule has 34 heavy (non-hydrogen) atoms. The van der Waals surface area contributed by atoms with E-state index >= 15 is 0 Å². The molecule has 1 N–H and O–H groups in total. The first-order chi connectivity index (χ1) is 16.2. The number of carbonyl (C=O) groups excluding carboxylic acids is 2. The number of β-amino-alcohol motifs (C(OH)–C–C–N with tert-alkyl or cyclic N) is 1. The minimum absolute atomic E-state index is 0.0800. The van der Waals surface area contributed by atoms with Crippen LogP contribution in [0.15, 0.2) is 36.7 Å². The Morgan fingerprint density at radius 3 is 2.26 bits per heavy atom. The van der Waals surface area contributed by atoms with Gasteiger partial charge in [-0.25, -0.2) is 14.8 Å². The molecule has 9 nitrogen and oxygen atoms in total. The molecule has 0 spiro atoms. The highest BCUT2D eigenvalue weighted by Crippen LogP contribution is 2.23. The van der Waals surface area contributed by atoms with Crippen LogP contribution in [0.2, 0.25) is 0 Å². The van der Waals surface area contributed by atoms with Crippen LogP contribution < -0.4 is 4.74 Å². The number of aliphatic hydroxyl groups is 1. The molecule has 0 unspecified atom stereocenters. The number of hydrogen-bond donors (Lipinski definition) is 1. The summed E-state index contributed by atoms with van der Waals surface area (Å²) in [7, 11) is 0. The first kappa shape index (κ1) is 23.9. The summed E-state index contributed by atoms with van der Waals surface area (Å²) in [5.74, 6) is 0.725. The molecule has 2 saturated heterocycles. The lowest BCUT2D eigenvalue weighted by Crippen LogP contribution is -2.53. The summed E-state index contributed by atoms with van der Waals surface area (Å²) in [6, 6.07) is 7.20. The molecule has 9 heteroatoms. The lowest BCUT2D eigenvalue weighted by molar-refractivity contribution is 0.00589. The quantitative estimate of drug-likeness (QED) is 0.719. The number of carbonyl (C=O) groups is 2. The first-order valence-electron chi connectivity index (χ1n) is 11.7. The molecule has 0 aliphatic carbocycles. The number of rotatable bonds is 5. The van der Waals surface area contributed by atoms with Gasteiger partial charge in [0.2, 0.25) is 5.88 Å². The summed E-state index contributed by atoms with van der Waals surface area (Å²) in [5.41, 5.74) is 1.64. The number of likely N-dealkylation sites (tertiary alicyclic amines) is 2. The number of nitrogens with zero attached hydrogens (tertiary/aromatic N) is 4. The summed E-state index contributed by atoms with van der Waals surface area (Å²) in [5, 5.41) is 9.37. The summed E-state index contributed by atoms with van der Waals surface area (Å²) in [6.45, 7) is 8.22. The Labute approximate surface area is 199 Å². The van der Waals surface area contributed by atoms with Gasteiger partial charge in [0, 0.05) is 37.3 Å². The molecule has 2 aliphatic heterocycles. The fourth-order valence-corrected chi connectivity index (χ4v) is 3.94. The number of piperidine rings is 1. The van der Waals surface area contributed by atoms with Crippen molar-refractivity contribution in [3.63, 3.8) is 0 Å². The average molecular weight is 469 g/mol. The van der Waals surface area contributed by atoms with Gasteiger partial charge in [0.1, 0.15) is 5.60 Å². The van der Waals surface area contributed by atoms with Crippen LogP contribution in [0, 0.1) is 5.92 Å². The highest BCUT2D eigenvalue weighted by atomic mass is 16.6. The predicted octanol–water partition coefficient (Wildman–Crippen LogP) is 2.99. The number of aromatic nitrogens is 2. The van der Waals surface area contributed by atoms with E-state index in [0.29, 0.717) is 55.8 Å². The van der Waals surface area contributed by atoms with Crippen molar-refractivity contribution in [1.29, 1.82) is 0 Å². The van der Waals surface area contributed by atoms with Crippen LogP contribution in [0.3, 0.4) is 0 Å². The topological polar surface area (TPSA) is 105 Å². The zero-order chi connectivity index (χ0) is 24.3. The van der Waals surface area contributed by atoms with Crippen LogP contribution in [0.1, 0.15) is 44.0 Å². The van der Waals surface area contributed by atoms with Crippen molar-refractivity contribution in [1.82, 2.24) is 19.8 Å². The molecule has 2 amide bonds. The highest BCUT2D eigenvalue weighted by Gasteiger charge is 2.29. The van der Waals surface area contributed by atoms with Crippen molar-refractivity contribution in [2.45, 2.75) is 45.3 Å². The molecule has 1 aromatic carbocycles. The minimum Gasteiger partial charge on any atom is -0.476 e. The van der Waals surface area contributed by atoms with E-state index < -0.39 is 11.7 Å². The third-order valence-electron chi connectivity index (χ3n) is 5.94. The maximum absolute atomic E-state index is 12.3. The lowest BCUT2D eigenvalue weighted by atomic mass is 9.98. The van der Waals surface area contributed by atoms with E-state index in [1.807, 2.05) is 32.9 Å². The highest BCUT2D eigenvalue weighted by molar-refractivity contribution is 5.95. The van der Waals surface area contributed by atoms with Crippen molar-refractivity contribution in [3.05, 3.63) is 42.2 Å². The molecular weight excluding hydrogens is 436 g/mol. The van der Waals surface area contributed by atoms with Gasteiger partial charge in [-0.2, -0.15) is 0 Å². The van der Waals surface area contributed by atoms with E-state index in [1.54, 1.807) is 34.3 Å². The van der Waals surface area contributed by atoms with E-state index in [1.165, 1.54) is 0 Å². The Kier molecular flexibility index (Phi) is 7.02. The smallest absolute Gasteiger partial charge is 0.410 e. The number of benzene rings is 1. The first-order valence-corrected chi connectivity index (χ1v) is 11.7. The van der Waals surface area contributed by atoms with Crippen LogP contribution in [-0.4, -0.2) is 81.4 Å². The number of ether oxygens (including phenoxy) is 2. The largest absolute Gasteiger partial charge is 0.476 e. The second-order valence-corrected chi connectivity index (χ2v) is 9.90. The average Bonchev–Trinajstić information content (AvgIpc) is 2.80. The zero-order valence-electron chi connectivity index (χ0n) is 19.9. The van der Waals surface area contributed by atoms with E-state index in [4.69, 9.17) is 9.47 Å². The standard InChI is InChI=1S/C25H32N4O5/c1-25(2,3)34-24(32)28-10-8-17(9-11-28)16-33-22-13-26-21(12-27-22)18-4-6-19(7-5-18)23(31)29-14-20(30)15-29/h4-7,12-13,17,20,30H,8-11,14-16H2,1-3H3. The minimum atomic E-state index is -0.486. The maximum atomic E-state index is 12.3. The van der Waals surface area contributed by atoms with Gasteiger partial charge in [0.25, 0.3) is 5.91 Å². The Balaban J connectivity index is 1.24. The van der Waals surface area contributed by atoms with Crippen LogP contribution in [-0.2, 0) is 4.74 Å². The summed E-state index contributed by atoms with van der Waals surface area (Å²) >= 11 is 0. The van der Waals surface area contributed by atoms with Gasteiger partial charge in [-0.05, 0) is 51.7 Å². The van der Waals surface area contributed by atoms with Gasteiger partial charge in [-0.3, -0.25) is 4.79 Å². The van der Waals surface area contributed by atoms with Gasteiger partial charge in [0.15, 0.2) is 0 Å². The summed E-state index contributed by atoms with van der Waals surface area (Å²) < 4.78 is 11.3. The molecule has 0 bridgehead atoms. The van der Waals surface area contributed by atoms with Gasteiger partial charge in [-0.15, -0.1) is 0 Å². The normalized spacial score (nSPS) is 17.3. The number of hydrogen-bond acceptors (Lipinski definition) is 7. The van der Waals surface area contributed by atoms with Crippen molar-refractivity contribution < 1.29 is 24.2 Å². The molecule has 4 rings (SSSR count). The fraction of sp³-hybridized carbons (Fsp3) is 0.520. The monoisotopic (exact) mass is 468 g/mol. The molecule has 0 atom stereocenters. The third kappa shape index (κ3) is 6.02. The van der Waals surface area contributed by atoms with Crippen molar-refractivity contribution in [3.8, 4) is 17.1 Å². The lowest BCUT2D eigenvalue weighted by Gasteiger charge is -2.35. The maximum Gasteiger partial charge on any atom is 0.410 e. The molecular formula is C25H32N4O5. The Morgan fingerprint density at radius 2 is 1.71 bits per heavy atom. The van der Waals surface area contributed by atoms with E-state index in [0.717, 1.165) is 18.4 Å². The van der Waals surface area contributed by atoms with Crippen LogP contribution in [0.25, 0.3) is 11.3 Å². The van der Waals surface area contributed by atoms with E-state index in [2.05, 4.69) is 9.97 Å².